The van der Waals surface area contributed by atoms with Crippen LogP contribution in [0.3, 0.4) is 0 Å². The molecule has 2 N–H and O–H groups in total. The summed E-state index contributed by atoms with van der Waals surface area (Å²) in [5.41, 5.74) is 10.6. The molecule has 1 nitrogen and oxygen atoms in total. The molecule has 0 fully saturated rings. The summed E-state index contributed by atoms with van der Waals surface area (Å²) in [7, 11) is 0. The Hall–Kier alpha value is -1.52. The maximum Gasteiger partial charge on any atom is 0.0142 e. The second kappa shape index (κ2) is 7.03. The first-order valence-corrected chi connectivity index (χ1v) is 6.14. The molecule has 0 saturated carbocycles. The van der Waals surface area contributed by atoms with Gasteiger partial charge in [-0.2, -0.15) is 0 Å². The predicted octanol–water partition coefficient (Wildman–Crippen LogP) is 3.74. The monoisotopic (exact) mass is 243 g/mol. The van der Waals surface area contributed by atoms with Crippen LogP contribution in [-0.4, -0.2) is 6.54 Å². The van der Waals surface area contributed by atoms with E-state index in [0.717, 1.165) is 5.57 Å². The molecule has 18 heavy (non-hydrogen) atoms. The second-order valence-corrected chi connectivity index (χ2v) is 5.02. The van der Waals surface area contributed by atoms with Crippen LogP contribution in [-0.2, 0) is 5.41 Å². The topological polar surface area (TPSA) is 26.0 Å². The van der Waals surface area contributed by atoms with Crippen molar-refractivity contribution in [3.05, 3.63) is 47.0 Å². The molecule has 0 aliphatic heterocycles. The van der Waals surface area contributed by atoms with Gasteiger partial charge in [0, 0.05) is 12.0 Å². The van der Waals surface area contributed by atoms with E-state index >= 15 is 0 Å². The highest BCUT2D eigenvalue weighted by atomic mass is 14.5. The Kier molecular flexibility index (Phi) is 6.44. The molecule has 1 aromatic carbocycles. The fourth-order valence-corrected chi connectivity index (χ4v) is 1.59. The van der Waals surface area contributed by atoms with E-state index in [1.165, 1.54) is 16.7 Å². The van der Waals surface area contributed by atoms with E-state index in [2.05, 4.69) is 64.8 Å². The SMILES string of the molecule is C#CC.C=C(CN)C(C)(C)c1ccc(C)c(C)c1. The first-order valence-electron chi connectivity index (χ1n) is 6.14. The fraction of sp³-hybridized carbons (Fsp3) is 0.412. The molecule has 0 heterocycles. The highest BCUT2D eigenvalue weighted by molar-refractivity contribution is 5.39. The summed E-state index contributed by atoms with van der Waals surface area (Å²) < 4.78 is 0. The number of aryl methyl sites for hydroxylation is 2. The molecule has 98 valence electrons. The van der Waals surface area contributed by atoms with Crippen LogP contribution in [0.2, 0.25) is 0 Å². The summed E-state index contributed by atoms with van der Waals surface area (Å²) in [6, 6.07) is 6.57. The Balaban J connectivity index is 0.000000873. The molecule has 0 radical (unpaired) electrons. The zero-order chi connectivity index (χ0) is 14.3. The standard InChI is InChI=1S/C14H21N.C3H4/c1-10-6-7-13(8-11(10)2)14(4,5)12(3)9-15;1-3-2/h6-8H,3,9,15H2,1-2,4-5H3;1H,2H3. The number of hydrogen-bond donors (Lipinski definition) is 1. The highest BCUT2D eigenvalue weighted by Crippen LogP contribution is 2.30. The highest BCUT2D eigenvalue weighted by Gasteiger charge is 2.23. The number of nitrogens with two attached hydrogens (primary N) is 1. The second-order valence-electron chi connectivity index (χ2n) is 5.02. The maximum absolute atomic E-state index is 5.66. The van der Waals surface area contributed by atoms with Gasteiger partial charge in [0.25, 0.3) is 0 Å². The minimum atomic E-state index is -0.0345. The molecule has 1 heteroatoms. The van der Waals surface area contributed by atoms with Crippen LogP contribution in [0, 0.1) is 26.2 Å². The van der Waals surface area contributed by atoms with Gasteiger partial charge in [-0.15, -0.1) is 12.3 Å². The normalized spacial score (nSPS) is 10.1. The third-order valence-electron chi connectivity index (χ3n) is 3.36. The van der Waals surface area contributed by atoms with Crippen LogP contribution in [0.5, 0.6) is 0 Å². The number of benzene rings is 1. The average molecular weight is 243 g/mol. The van der Waals surface area contributed by atoms with Crippen LogP contribution >= 0.6 is 0 Å². The Morgan fingerprint density at radius 3 is 2.22 bits per heavy atom. The minimum Gasteiger partial charge on any atom is -0.327 e. The number of hydrogen-bond acceptors (Lipinski definition) is 1. The van der Waals surface area contributed by atoms with Crippen molar-refractivity contribution in [1.82, 2.24) is 0 Å². The molecular formula is C17H25N. The van der Waals surface area contributed by atoms with E-state index in [0.29, 0.717) is 6.54 Å². The Morgan fingerprint density at radius 2 is 1.83 bits per heavy atom. The fourth-order valence-electron chi connectivity index (χ4n) is 1.59. The van der Waals surface area contributed by atoms with Crippen LogP contribution in [0.25, 0.3) is 0 Å². The lowest BCUT2D eigenvalue weighted by atomic mass is 9.77. The third kappa shape index (κ3) is 4.05. The van der Waals surface area contributed by atoms with Gasteiger partial charge < -0.3 is 5.73 Å². The molecule has 1 aromatic rings. The van der Waals surface area contributed by atoms with Crippen molar-refractivity contribution in [1.29, 1.82) is 0 Å². The van der Waals surface area contributed by atoms with Crippen molar-refractivity contribution in [3.63, 3.8) is 0 Å². The smallest absolute Gasteiger partial charge is 0.0142 e. The largest absolute Gasteiger partial charge is 0.327 e. The van der Waals surface area contributed by atoms with Crippen LogP contribution in [0.1, 0.15) is 37.5 Å². The summed E-state index contributed by atoms with van der Waals surface area (Å²) in [6.45, 7) is 14.9. The molecule has 0 atom stereocenters. The molecule has 0 spiro atoms. The molecule has 0 aliphatic carbocycles. The van der Waals surface area contributed by atoms with Gasteiger partial charge in [0.05, 0.1) is 0 Å². The molecule has 0 unspecified atom stereocenters. The van der Waals surface area contributed by atoms with Gasteiger partial charge in [0.15, 0.2) is 0 Å². The van der Waals surface area contributed by atoms with E-state index in [9.17, 15) is 0 Å². The summed E-state index contributed by atoms with van der Waals surface area (Å²) in [5, 5.41) is 0. The van der Waals surface area contributed by atoms with Gasteiger partial charge >= 0.3 is 0 Å². The van der Waals surface area contributed by atoms with Crippen LogP contribution in [0.15, 0.2) is 30.4 Å². The summed E-state index contributed by atoms with van der Waals surface area (Å²) in [4.78, 5) is 0. The zero-order valence-corrected chi connectivity index (χ0v) is 12.3. The molecule has 0 bridgehead atoms. The van der Waals surface area contributed by atoms with Crippen molar-refractivity contribution < 1.29 is 0 Å². The van der Waals surface area contributed by atoms with Gasteiger partial charge in [0.2, 0.25) is 0 Å². The molecule has 0 amide bonds. The number of terminal acetylenes is 1. The molecule has 1 rings (SSSR count). The Morgan fingerprint density at radius 1 is 1.33 bits per heavy atom. The quantitative estimate of drug-likeness (QED) is 0.635. The van der Waals surface area contributed by atoms with E-state index in [4.69, 9.17) is 5.73 Å². The van der Waals surface area contributed by atoms with E-state index in [-0.39, 0.29) is 5.41 Å². The molecule has 0 aliphatic rings. The summed E-state index contributed by atoms with van der Waals surface area (Å²) in [6.07, 6.45) is 4.60. The van der Waals surface area contributed by atoms with Crippen molar-refractivity contribution in [2.75, 3.05) is 6.54 Å². The van der Waals surface area contributed by atoms with Gasteiger partial charge in [-0.05, 0) is 37.5 Å². The third-order valence-corrected chi connectivity index (χ3v) is 3.36. The van der Waals surface area contributed by atoms with Crippen molar-refractivity contribution in [2.24, 2.45) is 5.73 Å². The van der Waals surface area contributed by atoms with E-state index in [1.807, 2.05) is 0 Å². The lowest BCUT2D eigenvalue weighted by Crippen LogP contribution is -2.25. The number of rotatable bonds is 3. The van der Waals surface area contributed by atoms with Gasteiger partial charge in [-0.1, -0.05) is 44.2 Å². The minimum absolute atomic E-state index is 0.0345. The Labute approximate surface area is 112 Å². The van der Waals surface area contributed by atoms with Gasteiger partial charge in [0.1, 0.15) is 0 Å². The predicted molar refractivity (Wildman–Crippen MR) is 81.6 cm³/mol. The zero-order valence-electron chi connectivity index (χ0n) is 12.3. The lowest BCUT2D eigenvalue weighted by Gasteiger charge is -2.28. The molecule has 0 aromatic heterocycles. The average Bonchev–Trinajstić information content (AvgIpc) is 2.32. The molecular weight excluding hydrogens is 218 g/mol. The Bertz CT molecular complexity index is 447. The van der Waals surface area contributed by atoms with Crippen LogP contribution < -0.4 is 5.73 Å². The summed E-state index contributed by atoms with van der Waals surface area (Å²) in [5.74, 6) is 2.25. The summed E-state index contributed by atoms with van der Waals surface area (Å²) >= 11 is 0. The molecule has 0 saturated heterocycles. The van der Waals surface area contributed by atoms with Crippen molar-refractivity contribution in [2.45, 2.75) is 40.0 Å². The van der Waals surface area contributed by atoms with Crippen LogP contribution in [0.4, 0.5) is 0 Å². The van der Waals surface area contributed by atoms with E-state index < -0.39 is 0 Å². The first kappa shape index (κ1) is 16.5. The van der Waals surface area contributed by atoms with Gasteiger partial charge in [-0.3, -0.25) is 0 Å². The lowest BCUT2D eigenvalue weighted by molar-refractivity contribution is 0.612. The van der Waals surface area contributed by atoms with Gasteiger partial charge in [-0.25, -0.2) is 0 Å². The van der Waals surface area contributed by atoms with Crippen molar-refractivity contribution >= 4 is 0 Å². The first-order chi connectivity index (χ1) is 8.31. The van der Waals surface area contributed by atoms with Crippen molar-refractivity contribution in [3.8, 4) is 12.3 Å². The van der Waals surface area contributed by atoms with E-state index in [1.54, 1.807) is 6.92 Å². The maximum atomic E-state index is 5.66.